The van der Waals surface area contributed by atoms with Crippen molar-refractivity contribution in [1.82, 2.24) is 4.90 Å². The highest BCUT2D eigenvalue weighted by molar-refractivity contribution is 6.31. The van der Waals surface area contributed by atoms with Gasteiger partial charge in [-0.3, -0.25) is 4.90 Å². The van der Waals surface area contributed by atoms with Crippen molar-refractivity contribution in [2.45, 2.75) is 19.6 Å². The number of hydrogen-bond donors (Lipinski definition) is 1. The SMILES string of the molecule is O=C(O)c1ccc(CN2Cc3ccccc3C2)c(Cl)c1. The lowest BCUT2D eigenvalue weighted by molar-refractivity contribution is 0.0697. The van der Waals surface area contributed by atoms with E-state index in [4.69, 9.17) is 16.7 Å². The highest BCUT2D eigenvalue weighted by atomic mass is 35.5. The number of halogens is 1. The Bertz CT molecular complexity index is 644. The molecule has 0 saturated carbocycles. The summed E-state index contributed by atoms with van der Waals surface area (Å²) in [6, 6.07) is 13.3. The first-order chi connectivity index (χ1) is 9.63. The fraction of sp³-hybridized carbons (Fsp3) is 0.188. The Kier molecular flexibility index (Phi) is 3.47. The molecular formula is C16H14ClNO2. The number of benzene rings is 2. The monoisotopic (exact) mass is 287 g/mol. The Morgan fingerprint density at radius 2 is 1.80 bits per heavy atom. The lowest BCUT2D eigenvalue weighted by Crippen LogP contribution is -2.16. The summed E-state index contributed by atoms with van der Waals surface area (Å²) in [4.78, 5) is 13.2. The van der Waals surface area contributed by atoms with Gasteiger partial charge in [0.05, 0.1) is 5.56 Å². The van der Waals surface area contributed by atoms with E-state index in [1.165, 1.54) is 17.2 Å². The Morgan fingerprint density at radius 1 is 1.15 bits per heavy atom. The molecule has 0 bridgehead atoms. The largest absolute Gasteiger partial charge is 0.478 e. The zero-order chi connectivity index (χ0) is 14.1. The number of fused-ring (bicyclic) bond motifs is 1. The highest BCUT2D eigenvalue weighted by Crippen LogP contribution is 2.26. The molecule has 4 heteroatoms. The van der Waals surface area contributed by atoms with Gasteiger partial charge in [0.15, 0.2) is 0 Å². The summed E-state index contributed by atoms with van der Waals surface area (Å²) in [6.45, 7) is 2.55. The van der Waals surface area contributed by atoms with Crippen molar-refractivity contribution in [2.75, 3.05) is 0 Å². The molecule has 0 fully saturated rings. The van der Waals surface area contributed by atoms with Crippen molar-refractivity contribution in [3.63, 3.8) is 0 Å². The minimum Gasteiger partial charge on any atom is -0.478 e. The lowest BCUT2D eigenvalue weighted by atomic mass is 10.1. The van der Waals surface area contributed by atoms with Crippen molar-refractivity contribution in [2.24, 2.45) is 0 Å². The number of nitrogens with zero attached hydrogens (tertiary/aromatic N) is 1. The summed E-state index contributed by atoms with van der Waals surface area (Å²) >= 11 is 6.17. The van der Waals surface area contributed by atoms with E-state index in [-0.39, 0.29) is 5.56 Å². The van der Waals surface area contributed by atoms with Crippen LogP contribution >= 0.6 is 11.6 Å². The third-order valence-corrected chi connectivity index (χ3v) is 3.95. The van der Waals surface area contributed by atoms with E-state index in [9.17, 15) is 4.79 Å². The second kappa shape index (κ2) is 5.27. The summed E-state index contributed by atoms with van der Waals surface area (Å²) in [7, 11) is 0. The molecule has 0 aromatic heterocycles. The molecule has 0 saturated heterocycles. The maximum atomic E-state index is 10.9. The van der Waals surface area contributed by atoms with Gasteiger partial charge in [0.1, 0.15) is 0 Å². The number of carboxylic acids is 1. The van der Waals surface area contributed by atoms with Crippen molar-refractivity contribution in [3.05, 3.63) is 69.7 Å². The van der Waals surface area contributed by atoms with Gasteiger partial charge < -0.3 is 5.11 Å². The first-order valence-corrected chi connectivity index (χ1v) is 6.82. The third-order valence-electron chi connectivity index (χ3n) is 3.60. The Labute approximate surface area is 122 Å². The molecule has 0 spiro atoms. The normalized spacial score (nSPS) is 14.2. The molecule has 1 aliphatic heterocycles. The van der Waals surface area contributed by atoms with Crippen LogP contribution in [0.25, 0.3) is 0 Å². The number of rotatable bonds is 3. The molecule has 0 aliphatic carbocycles. The molecule has 0 atom stereocenters. The maximum absolute atomic E-state index is 10.9. The minimum atomic E-state index is -0.952. The van der Waals surface area contributed by atoms with Crippen molar-refractivity contribution >= 4 is 17.6 Å². The summed E-state index contributed by atoms with van der Waals surface area (Å²) in [6.07, 6.45) is 0. The molecular weight excluding hydrogens is 274 g/mol. The van der Waals surface area contributed by atoms with Crippen LogP contribution in [0.1, 0.15) is 27.0 Å². The molecule has 3 rings (SSSR count). The van der Waals surface area contributed by atoms with Crippen LogP contribution in [0.2, 0.25) is 5.02 Å². The lowest BCUT2D eigenvalue weighted by Gasteiger charge is -2.16. The molecule has 1 aliphatic rings. The molecule has 0 unspecified atom stereocenters. The topological polar surface area (TPSA) is 40.5 Å². The van der Waals surface area contributed by atoms with Gasteiger partial charge in [0.2, 0.25) is 0 Å². The van der Waals surface area contributed by atoms with Gasteiger partial charge >= 0.3 is 5.97 Å². The zero-order valence-corrected chi connectivity index (χ0v) is 11.6. The molecule has 2 aromatic rings. The predicted molar refractivity (Wildman–Crippen MR) is 77.8 cm³/mol. The summed E-state index contributed by atoms with van der Waals surface area (Å²) < 4.78 is 0. The summed E-state index contributed by atoms with van der Waals surface area (Å²) in [5.74, 6) is -0.952. The van der Waals surface area contributed by atoms with Crippen LogP contribution in [0.4, 0.5) is 0 Å². The average Bonchev–Trinajstić information content (AvgIpc) is 2.83. The molecule has 20 heavy (non-hydrogen) atoms. The average molecular weight is 288 g/mol. The molecule has 0 amide bonds. The first-order valence-electron chi connectivity index (χ1n) is 6.44. The van der Waals surface area contributed by atoms with Gasteiger partial charge in [-0.05, 0) is 28.8 Å². The first kappa shape index (κ1) is 13.2. The molecule has 2 aromatic carbocycles. The van der Waals surface area contributed by atoms with Gasteiger partial charge in [0, 0.05) is 24.7 Å². The Morgan fingerprint density at radius 3 is 2.35 bits per heavy atom. The fourth-order valence-electron chi connectivity index (χ4n) is 2.56. The van der Waals surface area contributed by atoms with E-state index in [2.05, 4.69) is 29.2 Å². The van der Waals surface area contributed by atoms with E-state index in [1.807, 2.05) is 0 Å². The van der Waals surface area contributed by atoms with E-state index in [0.29, 0.717) is 5.02 Å². The van der Waals surface area contributed by atoms with Gasteiger partial charge in [-0.2, -0.15) is 0 Å². The number of aromatic carboxylic acids is 1. The van der Waals surface area contributed by atoms with Gasteiger partial charge in [-0.15, -0.1) is 0 Å². The Balaban J connectivity index is 1.75. The van der Waals surface area contributed by atoms with Crippen LogP contribution in [-0.4, -0.2) is 16.0 Å². The van der Waals surface area contributed by atoms with Crippen LogP contribution in [-0.2, 0) is 19.6 Å². The maximum Gasteiger partial charge on any atom is 0.335 e. The van der Waals surface area contributed by atoms with E-state index in [0.717, 1.165) is 25.2 Å². The van der Waals surface area contributed by atoms with Crippen LogP contribution in [0.5, 0.6) is 0 Å². The van der Waals surface area contributed by atoms with Crippen molar-refractivity contribution in [3.8, 4) is 0 Å². The van der Waals surface area contributed by atoms with E-state index >= 15 is 0 Å². The van der Waals surface area contributed by atoms with Crippen molar-refractivity contribution < 1.29 is 9.90 Å². The third kappa shape index (κ3) is 2.55. The second-order valence-corrected chi connectivity index (χ2v) is 5.43. The van der Waals surface area contributed by atoms with Crippen LogP contribution in [0.3, 0.4) is 0 Å². The van der Waals surface area contributed by atoms with Gasteiger partial charge in [-0.1, -0.05) is 41.9 Å². The molecule has 102 valence electrons. The van der Waals surface area contributed by atoms with Gasteiger partial charge in [-0.25, -0.2) is 4.79 Å². The molecule has 3 nitrogen and oxygen atoms in total. The van der Waals surface area contributed by atoms with Crippen LogP contribution < -0.4 is 0 Å². The zero-order valence-electron chi connectivity index (χ0n) is 10.8. The fourth-order valence-corrected chi connectivity index (χ4v) is 2.81. The van der Waals surface area contributed by atoms with Gasteiger partial charge in [0.25, 0.3) is 0 Å². The van der Waals surface area contributed by atoms with Crippen LogP contribution in [0.15, 0.2) is 42.5 Å². The predicted octanol–water partition coefficient (Wildman–Crippen LogP) is 3.55. The highest BCUT2D eigenvalue weighted by Gasteiger charge is 2.19. The van der Waals surface area contributed by atoms with E-state index in [1.54, 1.807) is 12.1 Å². The molecule has 1 N–H and O–H groups in total. The number of carboxylic acid groups (broad SMARTS) is 1. The quantitative estimate of drug-likeness (QED) is 0.938. The second-order valence-electron chi connectivity index (χ2n) is 5.03. The number of carbonyl (C=O) groups is 1. The van der Waals surface area contributed by atoms with E-state index < -0.39 is 5.97 Å². The molecule has 1 heterocycles. The minimum absolute atomic E-state index is 0.225. The summed E-state index contributed by atoms with van der Waals surface area (Å²) in [5.41, 5.74) is 3.89. The Hall–Kier alpha value is -1.84. The standard InChI is InChI=1S/C16H14ClNO2/c17-15-7-11(16(19)20)5-6-14(15)10-18-8-12-3-1-2-4-13(12)9-18/h1-7H,8-10H2,(H,19,20). The molecule has 0 radical (unpaired) electrons. The van der Waals surface area contributed by atoms with Crippen molar-refractivity contribution in [1.29, 1.82) is 0 Å². The smallest absolute Gasteiger partial charge is 0.335 e. The summed E-state index contributed by atoms with van der Waals surface area (Å²) in [5, 5.41) is 9.45. The number of hydrogen-bond acceptors (Lipinski definition) is 2. The van der Waals surface area contributed by atoms with Crippen LogP contribution in [0, 0.1) is 0 Å².